The molecule has 1 saturated heterocycles. The van der Waals surface area contributed by atoms with Gasteiger partial charge in [0.05, 0.1) is 13.2 Å². The van der Waals surface area contributed by atoms with Crippen molar-refractivity contribution in [1.29, 1.82) is 0 Å². The number of nitrogens with two attached hydrogens (primary N) is 2. The van der Waals surface area contributed by atoms with E-state index in [0.717, 1.165) is 0 Å². The van der Waals surface area contributed by atoms with Crippen molar-refractivity contribution in [3.05, 3.63) is 0 Å². The lowest BCUT2D eigenvalue weighted by Crippen LogP contribution is -2.57. The topological polar surface area (TPSA) is 105 Å². The van der Waals surface area contributed by atoms with Gasteiger partial charge in [-0.3, -0.25) is 4.79 Å². The number of hydrogen-bond acceptors (Lipinski definition) is 5. The van der Waals surface area contributed by atoms with Crippen molar-refractivity contribution in [2.75, 3.05) is 13.2 Å². The molecule has 0 radical (unpaired) electrons. The number of hydrogen-bond donors (Lipinski definition) is 2. The highest BCUT2D eigenvalue weighted by Crippen LogP contribution is 2.11. The SMILES string of the molecule is C[C@@](N)(C(N)=O)C(=O)O[C@H]1CCOC1. The molecule has 4 N–H and O–H groups in total. The highest BCUT2D eigenvalue weighted by atomic mass is 16.6. The smallest absolute Gasteiger partial charge is 0.336 e. The molecule has 0 aliphatic carbocycles. The number of ether oxygens (including phenoxy) is 2. The Labute approximate surface area is 81.5 Å². The lowest BCUT2D eigenvalue weighted by molar-refractivity contribution is -0.157. The maximum absolute atomic E-state index is 11.4. The molecule has 80 valence electrons. The van der Waals surface area contributed by atoms with Gasteiger partial charge in [-0.1, -0.05) is 0 Å². The molecular weight excluding hydrogens is 188 g/mol. The van der Waals surface area contributed by atoms with Crippen LogP contribution in [0, 0.1) is 0 Å². The largest absolute Gasteiger partial charge is 0.458 e. The van der Waals surface area contributed by atoms with Crippen molar-refractivity contribution < 1.29 is 19.1 Å². The first-order chi connectivity index (χ1) is 6.44. The minimum Gasteiger partial charge on any atom is -0.458 e. The van der Waals surface area contributed by atoms with Crippen LogP contribution < -0.4 is 11.5 Å². The van der Waals surface area contributed by atoms with E-state index in [1.807, 2.05) is 0 Å². The molecule has 0 unspecified atom stereocenters. The summed E-state index contributed by atoms with van der Waals surface area (Å²) in [5.74, 6) is -1.71. The summed E-state index contributed by atoms with van der Waals surface area (Å²) in [6, 6.07) is 0. The van der Waals surface area contributed by atoms with E-state index in [9.17, 15) is 9.59 Å². The van der Waals surface area contributed by atoms with Crippen LogP contribution >= 0.6 is 0 Å². The van der Waals surface area contributed by atoms with Gasteiger partial charge in [-0.2, -0.15) is 0 Å². The molecule has 0 aromatic heterocycles. The Hall–Kier alpha value is -1.14. The third-order valence-electron chi connectivity index (χ3n) is 2.10. The molecule has 0 bridgehead atoms. The van der Waals surface area contributed by atoms with E-state index in [2.05, 4.69) is 0 Å². The van der Waals surface area contributed by atoms with Crippen LogP contribution in [-0.2, 0) is 19.1 Å². The van der Waals surface area contributed by atoms with Crippen molar-refractivity contribution in [2.45, 2.75) is 25.0 Å². The number of carbonyl (C=O) groups excluding carboxylic acids is 2. The Kier molecular flexibility index (Phi) is 3.07. The van der Waals surface area contributed by atoms with Crippen LogP contribution in [-0.4, -0.2) is 36.7 Å². The van der Waals surface area contributed by atoms with Gasteiger partial charge in [-0.25, -0.2) is 4.79 Å². The molecule has 14 heavy (non-hydrogen) atoms. The highest BCUT2D eigenvalue weighted by molar-refractivity contribution is 6.05. The average Bonchev–Trinajstić information content (AvgIpc) is 2.56. The fourth-order valence-electron chi connectivity index (χ4n) is 0.980. The minimum absolute atomic E-state index is 0.315. The fraction of sp³-hybridized carbons (Fsp3) is 0.750. The number of esters is 1. The van der Waals surface area contributed by atoms with Gasteiger partial charge >= 0.3 is 5.97 Å². The monoisotopic (exact) mass is 202 g/mol. The second-order valence-electron chi connectivity index (χ2n) is 3.46. The van der Waals surface area contributed by atoms with Crippen LogP contribution in [0.3, 0.4) is 0 Å². The molecule has 1 aliphatic heterocycles. The van der Waals surface area contributed by atoms with Gasteiger partial charge in [0.25, 0.3) is 0 Å². The Morgan fingerprint density at radius 2 is 2.21 bits per heavy atom. The predicted octanol–water partition coefficient (Wildman–Crippen LogP) is -1.48. The lowest BCUT2D eigenvalue weighted by atomic mass is 10.0. The van der Waals surface area contributed by atoms with Crippen molar-refractivity contribution >= 4 is 11.9 Å². The van der Waals surface area contributed by atoms with E-state index in [1.54, 1.807) is 0 Å². The molecule has 1 amide bonds. The van der Waals surface area contributed by atoms with Crippen molar-refractivity contribution in [2.24, 2.45) is 11.5 Å². The molecule has 6 nitrogen and oxygen atoms in total. The molecule has 1 rings (SSSR count). The summed E-state index contributed by atoms with van der Waals surface area (Å²) in [5, 5.41) is 0. The predicted molar refractivity (Wildman–Crippen MR) is 47.1 cm³/mol. The molecule has 2 atom stereocenters. The van der Waals surface area contributed by atoms with E-state index < -0.39 is 17.4 Å². The van der Waals surface area contributed by atoms with E-state index in [1.165, 1.54) is 6.92 Å². The van der Waals surface area contributed by atoms with Crippen LogP contribution in [0.25, 0.3) is 0 Å². The lowest BCUT2D eigenvalue weighted by Gasteiger charge is -2.20. The number of primary amides is 1. The van der Waals surface area contributed by atoms with Gasteiger partial charge in [0.2, 0.25) is 5.91 Å². The first kappa shape index (κ1) is 10.9. The Bertz CT molecular complexity index is 246. The molecule has 1 aliphatic rings. The highest BCUT2D eigenvalue weighted by Gasteiger charge is 2.38. The molecular formula is C8H14N2O4. The fourth-order valence-corrected chi connectivity index (χ4v) is 0.980. The summed E-state index contributed by atoms with van der Waals surface area (Å²) in [5.41, 5.74) is 8.58. The zero-order chi connectivity index (χ0) is 10.8. The zero-order valence-corrected chi connectivity index (χ0v) is 7.99. The maximum Gasteiger partial charge on any atom is 0.336 e. The average molecular weight is 202 g/mol. The summed E-state index contributed by atoms with van der Waals surface area (Å²) in [7, 11) is 0. The second-order valence-corrected chi connectivity index (χ2v) is 3.46. The Morgan fingerprint density at radius 3 is 2.64 bits per heavy atom. The zero-order valence-electron chi connectivity index (χ0n) is 7.99. The summed E-state index contributed by atoms with van der Waals surface area (Å²) in [6.07, 6.45) is 0.311. The van der Waals surface area contributed by atoms with E-state index in [-0.39, 0.29) is 6.10 Å². The second kappa shape index (κ2) is 3.93. The van der Waals surface area contributed by atoms with Crippen molar-refractivity contribution in [1.82, 2.24) is 0 Å². The molecule has 1 heterocycles. The molecule has 1 fully saturated rings. The maximum atomic E-state index is 11.4. The van der Waals surface area contributed by atoms with E-state index >= 15 is 0 Å². The van der Waals surface area contributed by atoms with Gasteiger partial charge in [-0.15, -0.1) is 0 Å². The molecule has 0 aromatic carbocycles. The van der Waals surface area contributed by atoms with Gasteiger partial charge in [0.15, 0.2) is 5.54 Å². The number of carbonyl (C=O) groups is 2. The quantitative estimate of drug-likeness (QED) is 0.429. The van der Waals surface area contributed by atoms with Crippen LogP contribution in [0.15, 0.2) is 0 Å². The van der Waals surface area contributed by atoms with Gasteiger partial charge in [-0.05, 0) is 6.92 Å². The third-order valence-corrected chi connectivity index (χ3v) is 2.10. The van der Waals surface area contributed by atoms with Crippen molar-refractivity contribution in [3.8, 4) is 0 Å². The minimum atomic E-state index is -1.76. The van der Waals surface area contributed by atoms with Crippen LogP contribution in [0.4, 0.5) is 0 Å². The molecule has 0 aromatic rings. The standard InChI is InChI=1S/C8H14N2O4/c1-8(10,6(9)11)7(12)14-5-2-3-13-4-5/h5H,2-4,10H2,1H3,(H2,9,11)/t5-,8+/m0/s1. The Morgan fingerprint density at radius 1 is 1.57 bits per heavy atom. The van der Waals surface area contributed by atoms with Gasteiger partial charge < -0.3 is 20.9 Å². The summed E-state index contributed by atoms with van der Waals surface area (Å²) < 4.78 is 9.94. The van der Waals surface area contributed by atoms with E-state index in [0.29, 0.717) is 19.6 Å². The van der Waals surface area contributed by atoms with Crippen LogP contribution in [0.1, 0.15) is 13.3 Å². The molecule has 0 saturated carbocycles. The summed E-state index contributed by atoms with van der Waals surface area (Å²) in [6.45, 7) is 2.13. The van der Waals surface area contributed by atoms with Crippen molar-refractivity contribution in [3.63, 3.8) is 0 Å². The molecule has 6 heteroatoms. The normalized spacial score (nSPS) is 25.4. The Balaban J connectivity index is 2.52. The summed E-state index contributed by atoms with van der Waals surface area (Å²) >= 11 is 0. The third kappa shape index (κ3) is 2.21. The van der Waals surface area contributed by atoms with E-state index in [4.69, 9.17) is 20.9 Å². The van der Waals surface area contributed by atoms with Gasteiger partial charge in [0.1, 0.15) is 6.10 Å². The summed E-state index contributed by atoms with van der Waals surface area (Å²) in [4.78, 5) is 22.2. The first-order valence-corrected chi connectivity index (χ1v) is 4.32. The molecule has 0 spiro atoms. The van der Waals surface area contributed by atoms with Gasteiger partial charge in [0, 0.05) is 6.42 Å². The van der Waals surface area contributed by atoms with Crippen LogP contribution in [0.5, 0.6) is 0 Å². The first-order valence-electron chi connectivity index (χ1n) is 4.32. The number of rotatable bonds is 3. The number of amides is 1. The van der Waals surface area contributed by atoms with Crippen LogP contribution in [0.2, 0.25) is 0 Å².